The molecule has 3 aromatic rings. The van der Waals surface area contributed by atoms with Crippen LogP contribution in [-0.2, 0) is 14.8 Å². The smallest absolute Gasteiger partial charge is 0.248 e. The molecule has 1 aromatic heterocycles. The van der Waals surface area contributed by atoms with Crippen LogP contribution in [0, 0.1) is 24.5 Å². The third-order valence-corrected chi connectivity index (χ3v) is 8.06. The van der Waals surface area contributed by atoms with Crippen LogP contribution in [0.15, 0.2) is 51.9 Å². The Bertz CT molecular complexity index is 1400. The maximum atomic E-state index is 14.0. The van der Waals surface area contributed by atoms with Gasteiger partial charge in [0, 0.05) is 30.6 Å². The Labute approximate surface area is 207 Å². The quantitative estimate of drug-likeness (QED) is 0.496. The fourth-order valence-corrected chi connectivity index (χ4v) is 5.79. The van der Waals surface area contributed by atoms with Crippen molar-refractivity contribution in [3.63, 3.8) is 0 Å². The minimum atomic E-state index is -4.00. The molecule has 0 bridgehead atoms. The van der Waals surface area contributed by atoms with Gasteiger partial charge in [0.25, 0.3) is 0 Å². The molecule has 36 heavy (non-hydrogen) atoms. The van der Waals surface area contributed by atoms with E-state index in [1.165, 1.54) is 36.6 Å². The van der Waals surface area contributed by atoms with Gasteiger partial charge in [-0.15, -0.1) is 0 Å². The van der Waals surface area contributed by atoms with Gasteiger partial charge >= 0.3 is 0 Å². The van der Waals surface area contributed by atoms with Crippen LogP contribution < -0.4 is 10.1 Å². The van der Waals surface area contributed by atoms with Crippen molar-refractivity contribution in [3.8, 4) is 5.75 Å². The molecular weight excluding hydrogens is 492 g/mol. The fourth-order valence-electron chi connectivity index (χ4n) is 4.07. The molecule has 0 atom stereocenters. The number of benzene rings is 2. The van der Waals surface area contributed by atoms with E-state index in [2.05, 4.69) is 10.5 Å². The average molecular weight is 518 g/mol. The van der Waals surface area contributed by atoms with Crippen LogP contribution in [0.2, 0.25) is 0 Å². The molecule has 11 heteroatoms. The number of aryl methyl sites for hydroxylation is 1. The number of nitrogens with zero attached hydrogens (tertiary/aromatic N) is 2. The Morgan fingerprint density at radius 3 is 2.58 bits per heavy atom. The van der Waals surface area contributed by atoms with Gasteiger partial charge in [-0.2, -0.15) is 4.31 Å². The summed E-state index contributed by atoms with van der Waals surface area (Å²) in [4.78, 5) is 12.6. The molecule has 8 nitrogen and oxygen atoms in total. The zero-order chi connectivity index (χ0) is 25.9. The van der Waals surface area contributed by atoms with E-state index in [1.54, 1.807) is 24.3 Å². The first kappa shape index (κ1) is 25.5. The second kappa shape index (κ2) is 10.6. The molecular formula is C25H25F2N3O5S. The minimum absolute atomic E-state index is 0.0627. The first-order chi connectivity index (χ1) is 17.2. The van der Waals surface area contributed by atoms with Crippen LogP contribution in [0.1, 0.15) is 29.9 Å². The summed E-state index contributed by atoms with van der Waals surface area (Å²) in [6.45, 7) is 1.76. The molecule has 0 saturated carbocycles. The van der Waals surface area contributed by atoms with Crippen molar-refractivity contribution >= 4 is 33.8 Å². The number of piperidine rings is 1. The minimum Gasteiger partial charge on any atom is -0.495 e. The van der Waals surface area contributed by atoms with Gasteiger partial charge in [0.05, 0.1) is 12.8 Å². The highest BCUT2D eigenvalue weighted by atomic mass is 32.2. The third kappa shape index (κ3) is 5.31. The van der Waals surface area contributed by atoms with Crippen molar-refractivity contribution in [2.24, 2.45) is 5.92 Å². The summed E-state index contributed by atoms with van der Waals surface area (Å²) in [5.74, 6) is -1.61. The van der Waals surface area contributed by atoms with E-state index < -0.39 is 21.7 Å². The maximum absolute atomic E-state index is 14.0. The predicted molar refractivity (Wildman–Crippen MR) is 130 cm³/mol. The van der Waals surface area contributed by atoms with Crippen molar-refractivity contribution in [2.75, 3.05) is 25.5 Å². The van der Waals surface area contributed by atoms with Gasteiger partial charge in [0.1, 0.15) is 23.1 Å². The zero-order valence-electron chi connectivity index (χ0n) is 19.7. The first-order valence-corrected chi connectivity index (χ1v) is 12.7. The molecule has 2 heterocycles. The summed E-state index contributed by atoms with van der Waals surface area (Å²) in [5.41, 5.74) is 0.773. The highest BCUT2D eigenvalue weighted by molar-refractivity contribution is 7.89. The topological polar surface area (TPSA) is 102 Å². The zero-order valence-corrected chi connectivity index (χ0v) is 20.5. The van der Waals surface area contributed by atoms with E-state index in [-0.39, 0.29) is 46.8 Å². The van der Waals surface area contributed by atoms with Gasteiger partial charge in [-0.25, -0.2) is 17.2 Å². The third-order valence-electron chi connectivity index (χ3n) is 6.00. The van der Waals surface area contributed by atoms with Crippen LogP contribution in [0.4, 0.5) is 14.5 Å². The van der Waals surface area contributed by atoms with Crippen molar-refractivity contribution in [3.05, 3.63) is 71.1 Å². The van der Waals surface area contributed by atoms with Crippen LogP contribution in [-0.4, -0.2) is 44.0 Å². The molecule has 1 N–H and O–H groups in total. The lowest BCUT2D eigenvalue weighted by Gasteiger charge is -2.30. The van der Waals surface area contributed by atoms with E-state index in [1.807, 2.05) is 0 Å². The molecule has 1 fully saturated rings. The van der Waals surface area contributed by atoms with E-state index in [9.17, 15) is 22.0 Å². The molecule has 2 aromatic carbocycles. The van der Waals surface area contributed by atoms with Crippen molar-refractivity contribution in [1.29, 1.82) is 0 Å². The fraction of sp³-hybridized carbons (Fsp3) is 0.280. The van der Waals surface area contributed by atoms with Crippen LogP contribution in [0.3, 0.4) is 0 Å². The number of aromatic nitrogens is 1. The number of rotatable bonds is 7. The highest BCUT2D eigenvalue weighted by Crippen LogP contribution is 2.31. The lowest BCUT2D eigenvalue weighted by atomic mass is 9.97. The van der Waals surface area contributed by atoms with Gasteiger partial charge in [-0.3, -0.25) is 4.79 Å². The largest absolute Gasteiger partial charge is 0.495 e. The van der Waals surface area contributed by atoms with Crippen LogP contribution in [0.25, 0.3) is 12.2 Å². The Morgan fingerprint density at radius 1 is 1.17 bits per heavy atom. The van der Waals surface area contributed by atoms with E-state index in [0.717, 1.165) is 12.1 Å². The Kier molecular flexibility index (Phi) is 7.51. The number of hydrogen-bond acceptors (Lipinski definition) is 6. The molecule has 1 aliphatic heterocycles. The number of carbonyl (C=O) groups is 1. The SMILES string of the molecule is COc1ccccc1NC(=O)C1CCN(S(=O)(=O)c2c(C)noc2C=Cc2ccc(F)cc2F)CC1. The summed E-state index contributed by atoms with van der Waals surface area (Å²) in [6, 6.07) is 10.1. The van der Waals surface area contributed by atoms with Gasteiger partial charge in [-0.1, -0.05) is 17.3 Å². The van der Waals surface area contributed by atoms with Gasteiger partial charge < -0.3 is 14.6 Å². The number of amides is 1. The number of carbonyl (C=O) groups excluding carboxylic acids is 1. The second-order valence-corrected chi connectivity index (χ2v) is 10.2. The molecule has 0 spiro atoms. The number of sulfonamides is 1. The standard InChI is InChI=1S/C25H25F2N3O5S/c1-16-24(23(35-29-16)10-8-17-7-9-19(26)15-20(17)27)36(32,33)30-13-11-18(12-14-30)25(31)28-21-5-3-4-6-22(21)34-2/h3-10,15,18H,11-14H2,1-2H3,(H,28,31). The lowest BCUT2D eigenvalue weighted by Crippen LogP contribution is -2.41. The van der Waals surface area contributed by atoms with Crippen molar-refractivity contribution < 1.29 is 31.3 Å². The number of anilines is 1. The number of para-hydroxylation sites is 2. The summed E-state index contributed by atoms with van der Waals surface area (Å²) in [6.07, 6.45) is 3.24. The Hall–Kier alpha value is -3.57. The normalized spacial score (nSPS) is 15.3. The number of hydrogen-bond donors (Lipinski definition) is 1. The molecule has 0 unspecified atom stereocenters. The molecule has 4 rings (SSSR count). The van der Waals surface area contributed by atoms with Crippen molar-refractivity contribution in [1.82, 2.24) is 9.46 Å². The van der Waals surface area contributed by atoms with E-state index in [0.29, 0.717) is 24.3 Å². The molecule has 0 aliphatic carbocycles. The lowest BCUT2D eigenvalue weighted by molar-refractivity contribution is -0.120. The number of ether oxygens (including phenoxy) is 1. The van der Waals surface area contributed by atoms with Crippen molar-refractivity contribution in [2.45, 2.75) is 24.7 Å². The molecule has 1 aliphatic rings. The monoisotopic (exact) mass is 517 g/mol. The molecule has 0 radical (unpaired) electrons. The Morgan fingerprint density at radius 2 is 1.89 bits per heavy atom. The number of methoxy groups -OCH3 is 1. The highest BCUT2D eigenvalue weighted by Gasteiger charge is 2.36. The predicted octanol–water partition coefficient (Wildman–Crippen LogP) is 4.48. The Balaban J connectivity index is 1.46. The first-order valence-electron chi connectivity index (χ1n) is 11.2. The van der Waals surface area contributed by atoms with Crippen LogP contribution in [0.5, 0.6) is 5.75 Å². The van der Waals surface area contributed by atoms with Gasteiger partial charge in [0.15, 0.2) is 10.7 Å². The number of nitrogens with one attached hydrogen (secondary N) is 1. The van der Waals surface area contributed by atoms with E-state index >= 15 is 0 Å². The van der Waals surface area contributed by atoms with E-state index in [4.69, 9.17) is 9.26 Å². The molecule has 1 amide bonds. The summed E-state index contributed by atoms with van der Waals surface area (Å²) < 4.78 is 65.7. The summed E-state index contributed by atoms with van der Waals surface area (Å²) in [5, 5.41) is 6.62. The van der Waals surface area contributed by atoms with Gasteiger partial charge in [0.2, 0.25) is 15.9 Å². The molecule has 190 valence electrons. The maximum Gasteiger partial charge on any atom is 0.248 e. The second-order valence-electron chi connectivity index (χ2n) is 8.33. The average Bonchev–Trinajstić information content (AvgIpc) is 3.25. The summed E-state index contributed by atoms with van der Waals surface area (Å²) in [7, 11) is -2.49. The molecule has 1 saturated heterocycles. The van der Waals surface area contributed by atoms with Gasteiger partial charge in [-0.05, 0) is 56.2 Å². The number of halogens is 2. The summed E-state index contributed by atoms with van der Waals surface area (Å²) >= 11 is 0. The van der Waals surface area contributed by atoms with Crippen LogP contribution >= 0.6 is 0 Å².